The molecular weight excluding hydrogens is 1510 g/mol. The molecule has 0 rings (SSSR count). The molecule has 0 bridgehead atoms. The minimum absolute atomic E-state index is 0.104. The number of halogens is 36. The van der Waals surface area contributed by atoms with E-state index in [1.807, 2.05) is 6.92 Å². The Balaban J connectivity index is -0.0000000810. The summed E-state index contributed by atoms with van der Waals surface area (Å²) < 4.78 is 421. The van der Waals surface area contributed by atoms with Crippen molar-refractivity contribution in [2.45, 2.75) is 378 Å². The second-order valence-corrected chi connectivity index (χ2v) is 28.3. The summed E-state index contributed by atoms with van der Waals surface area (Å²) in [5.41, 5.74) is -4.65. The van der Waals surface area contributed by atoms with Crippen LogP contribution in [0.15, 0.2) is 0 Å². The van der Waals surface area contributed by atoms with Gasteiger partial charge in [-0.2, -0.15) is 158 Å². The fourth-order valence-electron chi connectivity index (χ4n) is 3.26. The summed E-state index contributed by atoms with van der Waals surface area (Å²) in [6.45, 7) is 46.1. The Labute approximate surface area is 605 Å². The molecule has 0 saturated heterocycles. The molecule has 0 nitrogen and oxygen atoms in total. The topological polar surface area (TPSA) is 0 Å². The van der Waals surface area contributed by atoms with Gasteiger partial charge in [-0.05, 0) is 69.1 Å². The number of hydrogen-bond donors (Lipinski definition) is 0. The Morgan fingerprint density at radius 1 is 0.276 bits per heavy atom. The highest BCUT2D eigenvalue weighted by molar-refractivity contribution is 4.84. The lowest BCUT2D eigenvalue weighted by Gasteiger charge is -2.29. The van der Waals surface area contributed by atoms with E-state index < -0.39 is 146 Å². The molecule has 1 unspecified atom stereocenters. The molecule has 0 aromatic rings. The first kappa shape index (κ1) is 129. The van der Waals surface area contributed by atoms with Crippen molar-refractivity contribution in [3.8, 4) is 0 Å². The lowest BCUT2D eigenvalue weighted by molar-refractivity contribution is -0.327. The third kappa shape index (κ3) is 106. The van der Waals surface area contributed by atoms with Gasteiger partial charge in [0.2, 0.25) is 0 Å². The molecule has 0 saturated carbocycles. The van der Waals surface area contributed by atoms with Crippen molar-refractivity contribution in [3.63, 3.8) is 0 Å². The molecule has 0 heterocycles. The number of unbranched alkanes of at least 4 members (excludes halogenated alkanes) is 4. The van der Waals surface area contributed by atoms with E-state index >= 15 is 0 Å². The van der Waals surface area contributed by atoms with Crippen LogP contribution in [-0.4, -0.2) is 74.1 Å². The van der Waals surface area contributed by atoms with Gasteiger partial charge in [0.15, 0.2) is 11.3 Å². The third-order valence-corrected chi connectivity index (χ3v) is 13.7. The number of alkyl halides is 36. The molecule has 0 aliphatic rings. The predicted octanol–water partition coefficient (Wildman–Crippen LogP) is 34.9. The van der Waals surface area contributed by atoms with Crippen molar-refractivity contribution >= 4 is 0 Å². The molecule has 0 aliphatic heterocycles. The highest BCUT2D eigenvalue weighted by Crippen LogP contribution is 2.49. The first-order valence-corrected chi connectivity index (χ1v) is 34.0. The van der Waals surface area contributed by atoms with E-state index in [4.69, 9.17) is 1.37 Å². The van der Waals surface area contributed by atoms with Gasteiger partial charge in [0.1, 0.15) is 0 Å². The average Bonchev–Trinajstić information content (AvgIpc) is 0.793. The Bertz CT molecular complexity index is 1790. The van der Waals surface area contributed by atoms with Crippen molar-refractivity contribution in [2.24, 2.45) is 69.5 Å². The molecule has 0 fully saturated rings. The fraction of sp³-hybridized carbons (Fsp3) is 1.00. The van der Waals surface area contributed by atoms with Gasteiger partial charge in [0, 0.05) is 26.0 Å². The Hall–Kier alpha value is -2.52. The van der Waals surface area contributed by atoms with E-state index in [1.54, 1.807) is 6.92 Å². The zero-order valence-corrected chi connectivity index (χ0v) is 66.5. The smallest absolute Gasteiger partial charge is 0.171 e. The van der Waals surface area contributed by atoms with Crippen LogP contribution in [0.25, 0.3) is 0 Å². The first-order valence-electron chi connectivity index (χ1n) is 34.5. The maximum absolute atomic E-state index is 11.7. The predicted molar refractivity (Wildman–Crippen MR) is 350 cm³/mol. The molecule has 0 amide bonds. The van der Waals surface area contributed by atoms with Crippen molar-refractivity contribution in [2.75, 3.05) is 0 Å². The minimum Gasteiger partial charge on any atom is -0.171 e. The summed E-state index contributed by atoms with van der Waals surface area (Å²) in [6, 6.07) is 0. The first-order chi connectivity index (χ1) is 45.7. The highest BCUT2D eigenvalue weighted by Gasteiger charge is 2.64. The molecule has 656 valence electrons. The zero-order valence-electron chi connectivity index (χ0n) is 67.5. The van der Waals surface area contributed by atoms with Crippen molar-refractivity contribution < 1.29 is 159 Å². The van der Waals surface area contributed by atoms with Crippen LogP contribution in [0.4, 0.5) is 158 Å². The normalized spacial score (nSPS) is 13.9. The molecule has 0 radical (unpaired) electrons. The maximum atomic E-state index is 11.7. The molecule has 0 spiro atoms. The molecule has 0 aromatic heterocycles. The van der Waals surface area contributed by atoms with Gasteiger partial charge < -0.3 is 0 Å². The van der Waals surface area contributed by atoms with Crippen LogP contribution in [0.5, 0.6) is 0 Å². The van der Waals surface area contributed by atoms with Gasteiger partial charge in [-0.3, -0.25) is 0 Å². The van der Waals surface area contributed by atoms with E-state index in [1.165, 1.54) is 59.8 Å². The summed E-state index contributed by atoms with van der Waals surface area (Å²) in [7, 11) is 0. The lowest BCUT2D eigenvalue weighted by Crippen LogP contribution is -2.44. The molecule has 36 heteroatoms. The lowest BCUT2D eigenvalue weighted by atomic mass is 9.92. The average molecular weight is 1640 g/mol. The van der Waals surface area contributed by atoms with Crippen LogP contribution in [0.2, 0.25) is 0 Å². The van der Waals surface area contributed by atoms with E-state index in [0.29, 0.717) is 18.3 Å². The van der Waals surface area contributed by atoms with E-state index in [2.05, 4.69) is 90.0 Å². The van der Waals surface area contributed by atoms with E-state index in [0.717, 1.165) is 79.6 Å². The second kappa shape index (κ2) is 60.2. The number of rotatable bonds is 14. The van der Waals surface area contributed by atoms with Crippen LogP contribution in [0.1, 0.15) is 305 Å². The van der Waals surface area contributed by atoms with Gasteiger partial charge in [0.05, 0.1) is 23.2 Å². The molecule has 0 aromatic carbocycles. The van der Waals surface area contributed by atoms with Crippen molar-refractivity contribution in [1.29, 1.82) is 0 Å². The van der Waals surface area contributed by atoms with E-state index in [9.17, 15) is 158 Å². The SMILES string of the molecule is CC(C)(C(F)(F)F)C(F)(F)F.CC(C)(C)C(F)(F)F.CC(C)C(C)C.CC(C)C(F)(F)F.CCC(C)(C)C.CCC(C)C.CCC(C)C(F)(F)F.CCCC(C(F)(F)F)C(F)(F)F.CCCCC.CCCCCC(F)(F)F.CCC[C@H](C)C(F)(F)F.C[C@@H](CCC(F)(F)F)C(F)(F)F.[2H]C(C)(C)C(F)(F)F. The summed E-state index contributed by atoms with van der Waals surface area (Å²) in [6.07, 6.45) is -48.7. The van der Waals surface area contributed by atoms with Gasteiger partial charge in [-0.25, -0.2) is 0 Å². The minimum atomic E-state index is -5.24. The van der Waals surface area contributed by atoms with Crippen molar-refractivity contribution in [3.05, 3.63) is 0 Å². The van der Waals surface area contributed by atoms with Gasteiger partial charge >= 0.3 is 74.1 Å². The zero-order chi connectivity index (χ0) is 89.9. The summed E-state index contributed by atoms with van der Waals surface area (Å²) >= 11 is 0. The molecule has 3 atom stereocenters. The summed E-state index contributed by atoms with van der Waals surface area (Å²) in [5.74, 6) is -8.27. The second-order valence-electron chi connectivity index (χ2n) is 28.3. The quantitative estimate of drug-likeness (QED) is 0.120. The van der Waals surface area contributed by atoms with Crippen LogP contribution >= 0.6 is 0 Å². The maximum Gasteiger partial charge on any atom is 0.402 e. The van der Waals surface area contributed by atoms with Gasteiger partial charge in [0.25, 0.3) is 0 Å². The van der Waals surface area contributed by atoms with Crippen molar-refractivity contribution in [1.82, 2.24) is 0 Å². The van der Waals surface area contributed by atoms with Gasteiger partial charge in [-0.1, -0.05) is 245 Å². The Morgan fingerprint density at radius 3 is 0.590 bits per heavy atom. The van der Waals surface area contributed by atoms with Crippen LogP contribution in [-0.2, 0) is 0 Å². The van der Waals surface area contributed by atoms with Crippen LogP contribution in [0, 0.1) is 69.5 Å². The molecular formula is C69H128F36. The van der Waals surface area contributed by atoms with Crippen LogP contribution in [0.3, 0.4) is 0 Å². The third-order valence-electron chi connectivity index (χ3n) is 13.7. The van der Waals surface area contributed by atoms with Gasteiger partial charge in [-0.15, -0.1) is 0 Å². The van der Waals surface area contributed by atoms with Crippen LogP contribution < -0.4 is 0 Å². The standard InChI is InChI=1S/2C6H8F6.2C6H11F3.2C6H14.C5H6F6.2C5H9F3.2C5H12.2C4H7F3/c1-4(6(10,11)12)2-3-5(7,8)9;1-2-3-4(5(7,8)9)6(10,11)12;1-3-4-5(2)6(7,8)9;1-2-3-4-5-6(7,8)9;1-5-6(2,3)4;1-5(2)6(3)4;1-3(2,4(6,7)8)5(9,10)11;1-4(2,3)5(6,7)8;1-3-4(2)5(6,7)8;1-4-5(2)3;1-3-5-4-2;2*1-3(2)4(5,6)7/h2*4H,2-3H2,1H3;5H,3-4H2,1-2H3;2-5H2,1H3;5H2,1-4H3;5-6H,1-4H3;1-2H3;1-3H3;4H,3H2,1-2H3;5H,4H2,1-3H3;3-5H2,1-2H3;2*3H,1-2H3/t4-;;5-;;;;;;;;;;/m0.0........../s1/i;;;;;;;;;;;3D;. The monoisotopic (exact) mass is 1640 g/mol. The Kier molecular flexibility index (Phi) is 73.9. The number of hydrogen-bond acceptors (Lipinski definition) is 0. The summed E-state index contributed by atoms with van der Waals surface area (Å²) in [4.78, 5) is 0. The molecule has 105 heavy (non-hydrogen) atoms. The summed E-state index contributed by atoms with van der Waals surface area (Å²) in [5, 5.41) is 0. The Morgan fingerprint density at radius 2 is 0.514 bits per heavy atom. The largest absolute Gasteiger partial charge is 0.402 e. The highest BCUT2D eigenvalue weighted by atomic mass is 19.5. The van der Waals surface area contributed by atoms with E-state index in [-0.39, 0.29) is 39.5 Å². The molecule has 0 aliphatic carbocycles. The fourth-order valence-corrected chi connectivity index (χ4v) is 3.26. The molecule has 0 N–H and O–H groups in total.